The molecule has 2 amide bonds. The second kappa shape index (κ2) is 26.1. The van der Waals surface area contributed by atoms with Crippen molar-refractivity contribution in [1.82, 2.24) is 5.06 Å². The van der Waals surface area contributed by atoms with Crippen molar-refractivity contribution in [3.05, 3.63) is 25.7 Å². The Bertz CT molecular complexity index is 855. The smallest absolute Gasteiger partial charge is 0.333 e. The fraction of sp³-hybridized carbons (Fsp3) is 0.724. The van der Waals surface area contributed by atoms with Crippen molar-refractivity contribution in [3.63, 3.8) is 0 Å². The first-order chi connectivity index (χ1) is 21.8. The van der Waals surface area contributed by atoms with Crippen LogP contribution in [0.1, 0.15) is 25.7 Å². The summed E-state index contributed by atoms with van der Waals surface area (Å²) in [6, 6.07) is 0. The number of carbonyl (C=O) groups excluding carboxylic acids is 4. The zero-order valence-corrected chi connectivity index (χ0v) is 26.2. The molecule has 16 heteroatoms. The topological polar surface area (TPSA) is 173 Å². The van der Waals surface area contributed by atoms with Gasteiger partial charge < -0.3 is 52.2 Å². The van der Waals surface area contributed by atoms with E-state index in [0.717, 1.165) is 0 Å². The molecule has 1 rings (SSSR count). The molecule has 0 bridgehead atoms. The summed E-state index contributed by atoms with van der Waals surface area (Å²) >= 11 is 0. The molecule has 0 N–H and O–H groups in total. The van der Waals surface area contributed by atoms with Gasteiger partial charge in [0.1, 0.15) is 31.5 Å². The molecule has 0 aromatic rings. The highest BCUT2D eigenvalue weighted by molar-refractivity contribution is 6.01. The number of methoxy groups -OCH3 is 2. The minimum Gasteiger partial charge on any atom is -0.499 e. The molecule has 1 fully saturated rings. The Labute approximate surface area is 263 Å². The zero-order valence-electron chi connectivity index (χ0n) is 26.2. The van der Waals surface area contributed by atoms with Gasteiger partial charge in [0.15, 0.2) is 0 Å². The lowest BCUT2D eigenvalue weighted by atomic mass is 10.3. The second-order valence-corrected chi connectivity index (χ2v) is 9.31. The third kappa shape index (κ3) is 19.8. The zero-order chi connectivity index (χ0) is 33.1. The van der Waals surface area contributed by atoms with Crippen LogP contribution < -0.4 is 0 Å². The van der Waals surface area contributed by atoms with Crippen molar-refractivity contribution in [2.24, 2.45) is 0 Å². The van der Waals surface area contributed by atoms with Crippen LogP contribution in [0.3, 0.4) is 0 Å². The Hall–Kier alpha value is -3.12. The van der Waals surface area contributed by atoms with Crippen molar-refractivity contribution >= 4 is 23.8 Å². The highest BCUT2D eigenvalue weighted by atomic mass is 16.7. The third-order valence-corrected chi connectivity index (χ3v) is 5.71. The summed E-state index contributed by atoms with van der Waals surface area (Å²) in [5, 5.41) is 0.425. The maximum absolute atomic E-state index is 11.9. The molecule has 16 nitrogen and oxygen atoms in total. The molecule has 0 aromatic carbocycles. The first kappa shape index (κ1) is 39.9. The molecule has 1 heterocycles. The van der Waals surface area contributed by atoms with Crippen LogP contribution >= 0.6 is 0 Å². The van der Waals surface area contributed by atoms with Crippen LogP contribution in [0.5, 0.6) is 0 Å². The van der Waals surface area contributed by atoms with Crippen molar-refractivity contribution in [2.45, 2.75) is 44.0 Å². The van der Waals surface area contributed by atoms with Crippen LogP contribution in [0, 0.1) is 0 Å². The maximum atomic E-state index is 11.9. The molecular formula is C29H47NO15. The summed E-state index contributed by atoms with van der Waals surface area (Å²) in [4.78, 5) is 51.3. The van der Waals surface area contributed by atoms with Gasteiger partial charge in [0.25, 0.3) is 11.8 Å². The monoisotopic (exact) mass is 649 g/mol. The normalized spacial score (nSPS) is 14.9. The van der Waals surface area contributed by atoms with Crippen LogP contribution in [-0.4, -0.2) is 141 Å². The van der Waals surface area contributed by atoms with Crippen LogP contribution in [-0.2, 0) is 71.4 Å². The minimum atomic E-state index is -0.886. The van der Waals surface area contributed by atoms with Gasteiger partial charge in [-0.25, -0.2) is 4.79 Å². The number of nitrogens with zero attached hydrogens (tertiary/aromatic N) is 1. The van der Waals surface area contributed by atoms with Gasteiger partial charge in [-0.05, 0) is 0 Å². The Morgan fingerprint density at radius 1 is 0.689 bits per heavy atom. The van der Waals surface area contributed by atoms with Crippen molar-refractivity contribution in [1.29, 1.82) is 0 Å². The van der Waals surface area contributed by atoms with Gasteiger partial charge in [-0.2, -0.15) is 0 Å². The van der Waals surface area contributed by atoms with Crippen LogP contribution in [0.25, 0.3) is 0 Å². The second-order valence-electron chi connectivity index (χ2n) is 9.31. The highest BCUT2D eigenvalue weighted by Crippen LogP contribution is 2.13. The van der Waals surface area contributed by atoms with E-state index in [-0.39, 0.29) is 84.6 Å². The summed E-state index contributed by atoms with van der Waals surface area (Å²) < 4.78 is 54.4. The number of hydrogen-bond acceptors (Lipinski definition) is 15. The van der Waals surface area contributed by atoms with Gasteiger partial charge in [-0.15, -0.1) is 5.06 Å². The van der Waals surface area contributed by atoms with E-state index in [1.807, 2.05) is 0 Å². The van der Waals surface area contributed by atoms with Gasteiger partial charge in [-0.1, -0.05) is 13.2 Å². The van der Waals surface area contributed by atoms with E-state index in [9.17, 15) is 19.2 Å². The van der Waals surface area contributed by atoms with E-state index in [2.05, 4.69) is 13.2 Å². The molecule has 0 aliphatic carbocycles. The number of esters is 1. The molecule has 1 aliphatic rings. The molecule has 45 heavy (non-hydrogen) atoms. The van der Waals surface area contributed by atoms with E-state index < -0.39 is 36.0 Å². The SMILES string of the molecule is C=COCC(COCC(COCC(COCCOC(=O)CCC(=O)ON1C(=O)CCC1=O)OC=C)OCCOC)OCCOC. The Balaban J connectivity index is 2.33. The summed E-state index contributed by atoms with van der Waals surface area (Å²) in [6.07, 6.45) is 0.710. The standard InChI is InChI=1S/C29H47NO15/c1-5-37-17-24(42-14-11-35-3)20-40-22-25(43-15-12-36-4)21-39-19-23(41-6-2)18-38-13-16-44-28(33)9-10-29(34)45-30-26(31)7-8-27(30)32/h5-6,23-25H,1-2,7-22H2,3-4H3. The molecule has 0 spiro atoms. The lowest BCUT2D eigenvalue weighted by Gasteiger charge is -2.22. The van der Waals surface area contributed by atoms with Crippen molar-refractivity contribution < 1.29 is 71.4 Å². The number of carbonyl (C=O) groups is 4. The quantitative estimate of drug-likeness (QED) is 0.0461. The number of imide groups is 1. The molecule has 0 radical (unpaired) electrons. The summed E-state index contributed by atoms with van der Waals surface area (Å²) in [7, 11) is 3.16. The molecule has 1 saturated heterocycles. The summed E-state index contributed by atoms with van der Waals surface area (Å²) in [5.74, 6) is -2.75. The lowest BCUT2D eigenvalue weighted by molar-refractivity contribution is -0.197. The van der Waals surface area contributed by atoms with Crippen LogP contribution in [0.15, 0.2) is 25.7 Å². The van der Waals surface area contributed by atoms with Crippen molar-refractivity contribution in [3.8, 4) is 0 Å². The lowest BCUT2D eigenvalue weighted by Crippen LogP contribution is -2.33. The number of hydroxylamine groups is 2. The highest BCUT2D eigenvalue weighted by Gasteiger charge is 2.32. The fourth-order valence-electron chi connectivity index (χ4n) is 3.50. The van der Waals surface area contributed by atoms with E-state index in [0.29, 0.717) is 31.5 Å². The van der Waals surface area contributed by atoms with Gasteiger partial charge in [-0.3, -0.25) is 14.4 Å². The molecule has 0 saturated carbocycles. The van der Waals surface area contributed by atoms with Gasteiger partial charge in [0, 0.05) is 27.1 Å². The average molecular weight is 650 g/mol. The first-order valence-corrected chi connectivity index (χ1v) is 14.5. The third-order valence-electron chi connectivity index (χ3n) is 5.71. The molecular weight excluding hydrogens is 602 g/mol. The Kier molecular flexibility index (Phi) is 23.2. The molecule has 0 aromatic heterocycles. The number of rotatable bonds is 30. The van der Waals surface area contributed by atoms with Crippen molar-refractivity contribution in [2.75, 3.05) is 93.5 Å². The predicted octanol–water partition coefficient (Wildman–Crippen LogP) is 0.719. The van der Waals surface area contributed by atoms with Gasteiger partial charge in [0.05, 0.1) is 91.4 Å². The number of hydrogen-bond donors (Lipinski definition) is 0. The summed E-state index contributed by atoms with van der Waals surface area (Å²) in [5.41, 5.74) is 0. The Morgan fingerprint density at radius 2 is 1.22 bits per heavy atom. The molecule has 3 atom stereocenters. The minimum absolute atomic E-state index is 0.0158. The van der Waals surface area contributed by atoms with E-state index in [1.165, 1.54) is 12.5 Å². The first-order valence-electron chi connectivity index (χ1n) is 14.5. The maximum Gasteiger partial charge on any atom is 0.333 e. The molecule has 3 unspecified atom stereocenters. The van der Waals surface area contributed by atoms with Gasteiger partial charge in [0.2, 0.25) is 0 Å². The van der Waals surface area contributed by atoms with Gasteiger partial charge >= 0.3 is 11.9 Å². The van der Waals surface area contributed by atoms with Crippen LogP contribution in [0.2, 0.25) is 0 Å². The van der Waals surface area contributed by atoms with E-state index in [1.54, 1.807) is 14.2 Å². The Morgan fingerprint density at radius 3 is 1.78 bits per heavy atom. The summed E-state index contributed by atoms with van der Waals surface area (Å²) in [6.45, 7) is 9.88. The average Bonchev–Trinajstić information content (AvgIpc) is 3.34. The molecule has 258 valence electrons. The fourth-order valence-corrected chi connectivity index (χ4v) is 3.50. The van der Waals surface area contributed by atoms with Crippen LogP contribution in [0.4, 0.5) is 0 Å². The number of ether oxygens (including phenoxy) is 10. The number of amides is 2. The van der Waals surface area contributed by atoms with E-state index >= 15 is 0 Å². The largest absolute Gasteiger partial charge is 0.499 e. The van der Waals surface area contributed by atoms with E-state index in [4.69, 9.17) is 52.2 Å². The predicted molar refractivity (Wildman–Crippen MR) is 154 cm³/mol. The molecule has 1 aliphatic heterocycles.